The summed E-state index contributed by atoms with van der Waals surface area (Å²) in [5.74, 6) is -0.114. The maximum atomic E-state index is 13.0. The molecule has 1 fully saturated rings. The van der Waals surface area contributed by atoms with Crippen molar-refractivity contribution in [1.82, 2.24) is 14.5 Å². The fourth-order valence-corrected chi connectivity index (χ4v) is 5.16. The number of aryl methyl sites for hydroxylation is 2. The number of nitrogens with zero attached hydrogens (tertiary/aromatic N) is 2. The number of sulfonamides is 1. The second kappa shape index (κ2) is 10.2. The average Bonchev–Trinajstić information content (AvgIpc) is 2.69. The van der Waals surface area contributed by atoms with Crippen LogP contribution in [-0.4, -0.2) is 81.8 Å². The van der Waals surface area contributed by atoms with E-state index in [4.69, 9.17) is 0 Å². The van der Waals surface area contributed by atoms with Crippen LogP contribution in [0.1, 0.15) is 25.0 Å². The Kier molecular flexibility index (Phi) is 8.18. The lowest BCUT2D eigenvalue weighted by Gasteiger charge is -2.34. The molecule has 2 rings (SSSR count). The van der Waals surface area contributed by atoms with E-state index in [1.54, 1.807) is 17.9 Å². The molecular formula is C20H33N4O4S+. The second-order valence-corrected chi connectivity index (χ2v) is 9.37. The molecule has 1 aliphatic heterocycles. The monoisotopic (exact) mass is 425 g/mol. The fourth-order valence-electron chi connectivity index (χ4n) is 3.43. The van der Waals surface area contributed by atoms with Gasteiger partial charge in [-0.25, -0.2) is 8.42 Å². The average molecular weight is 426 g/mol. The molecule has 1 aromatic carbocycles. The van der Waals surface area contributed by atoms with Crippen molar-refractivity contribution in [3.8, 4) is 0 Å². The van der Waals surface area contributed by atoms with Gasteiger partial charge in [0.05, 0.1) is 11.4 Å². The molecule has 0 bridgehead atoms. The topological polar surface area (TPSA) is 91.2 Å². The van der Waals surface area contributed by atoms with E-state index in [1.165, 1.54) is 4.31 Å². The van der Waals surface area contributed by atoms with Gasteiger partial charge in [-0.2, -0.15) is 4.31 Å². The van der Waals surface area contributed by atoms with Crippen LogP contribution in [0.3, 0.4) is 0 Å². The van der Waals surface area contributed by atoms with Crippen LogP contribution in [0.2, 0.25) is 0 Å². The third-order valence-electron chi connectivity index (χ3n) is 5.24. The number of likely N-dealkylation sites (N-methyl/N-ethyl adjacent to an activating group) is 2. The molecule has 1 atom stereocenters. The number of nitrogens with one attached hydrogen (secondary N) is 2. The summed E-state index contributed by atoms with van der Waals surface area (Å²) in [7, 11) is -3.58. The van der Waals surface area contributed by atoms with Crippen LogP contribution >= 0.6 is 0 Å². The van der Waals surface area contributed by atoms with E-state index in [-0.39, 0.29) is 38.0 Å². The quantitative estimate of drug-likeness (QED) is 0.569. The van der Waals surface area contributed by atoms with Gasteiger partial charge in [-0.05, 0) is 44.9 Å². The molecule has 162 valence electrons. The van der Waals surface area contributed by atoms with E-state index in [1.807, 2.05) is 32.9 Å². The summed E-state index contributed by atoms with van der Waals surface area (Å²) in [6, 6.07) is 5.42. The van der Waals surface area contributed by atoms with Crippen molar-refractivity contribution in [3.05, 3.63) is 29.3 Å². The Morgan fingerprint density at radius 2 is 1.72 bits per heavy atom. The molecule has 1 heterocycles. The van der Waals surface area contributed by atoms with Gasteiger partial charge in [-0.1, -0.05) is 12.1 Å². The molecular weight excluding hydrogens is 392 g/mol. The lowest BCUT2D eigenvalue weighted by molar-refractivity contribution is -0.882. The lowest BCUT2D eigenvalue weighted by Crippen LogP contribution is -3.14. The third kappa shape index (κ3) is 6.01. The standard InChI is InChI=1S/C20H32N4O4S/c1-5-21-19(25)14-22(6-2)15-20(26)23-9-11-24(12-10-23)29(27,28)18-13-16(3)7-8-17(18)4/h7-8,13H,5-6,9-12,14-15H2,1-4H3,(H,21,25)/p+1. The van der Waals surface area contributed by atoms with Crippen molar-refractivity contribution >= 4 is 21.8 Å². The van der Waals surface area contributed by atoms with Crippen LogP contribution in [0.5, 0.6) is 0 Å². The molecule has 2 N–H and O–H groups in total. The van der Waals surface area contributed by atoms with Gasteiger partial charge in [0.15, 0.2) is 13.1 Å². The van der Waals surface area contributed by atoms with Crippen LogP contribution in [0.15, 0.2) is 23.1 Å². The number of piperazine rings is 1. The molecule has 2 amide bonds. The summed E-state index contributed by atoms with van der Waals surface area (Å²) < 4.78 is 27.5. The summed E-state index contributed by atoms with van der Waals surface area (Å²) in [6.45, 7) is 10.5. The first-order valence-electron chi connectivity index (χ1n) is 10.1. The zero-order valence-electron chi connectivity index (χ0n) is 17.8. The predicted octanol–water partition coefficient (Wildman–Crippen LogP) is -0.823. The van der Waals surface area contributed by atoms with E-state index in [9.17, 15) is 18.0 Å². The van der Waals surface area contributed by atoms with Crippen molar-refractivity contribution in [3.63, 3.8) is 0 Å². The van der Waals surface area contributed by atoms with Crippen molar-refractivity contribution < 1.29 is 22.9 Å². The molecule has 1 aromatic rings. The molecule has 0 aliphatic carbocycles. The zero-order chi connectivity index (χ0) is 21.6. The Morgan fingerprint density at radius 1 is 1.07 bits per heavy atom. The summed E-state index contributed by atoms with van der Waals surface area (Å²) in [5.41, 5.74) is 1.62. The second-order valence-electron chi connectivity index (χ2n) is 7.46. The van der Waals surface area contributed by atoms with Gasteiger partial charge >= 0.3 is 0 Å². The Labute approximate surface area is 173 Å². The van der Waals surface area contributed by atoms with Crippen molar-refractivity contribution in [2.24, 2.45) is 0 Å². The molecule has 29 heavy (non-hydrogen) atoms. The third-order valence-corrected chi connectivity index (χ3v) is 7.28. The molecule has 9 heteroatoms. The summed E-state index contributed by atoms with van der Waals surface area (Å²) in [5, 5.41) is 2.75. The Hall–Kier alpha value is -1.97. The number of benzene rings is 1. The molecule has 1 saturated heterocycles. The molecule has 1 aliphatic rings. The minimum Gasteiger partial charge on any atom is -0.351 e. The zero-order valence-corrected chi connectivity index (χ0v) is 18.6. The largest absolute Gasteiger partial charge is 0.351 e. The van der Waals surface area contributed by atoms with Gasteiger partial charge in [0.1, 0.15) is 0 Å². The Bertz CT molecular complexity index is 833. The van der Waals surface area contributed by atoms with Crippen LogP contribution in [-0.2, 0) is 19.6 Å². The van der Waals surface area contributed by atoms with Gasteiger partial charge in [0.2, 0.25) is 10.0 Å². The maximum absolute atomic E-state index is 13.0. The smallest absolute Gasteiger partial charge is 0.277 e. The van der Waals surface area contributed by atoms with Crippen LogP contribution in [0.25, 0.3) is 0 Å². The molecule has 8 nitrogen and oxygen atoms in total. The number of carbonyl (C=O) groups excluding carboxylic acids is 2. The fraction of sp³-hybridized carbons (Fsp3) is 0.600. The maximum Gasteiger partial charge on any atom is 0.277 e. The molecule has 0 spiro atoms. The van der Waals surface area contributed by atoms with E-state index in [0.717, 1.165) is 16.0 Å². The molecule has 1 unspecified atom stereocenters. The van der Waals surface area contributed by atoms with Crippen LogP contribution < -0.4 is 10.2 Å². The van der Waals surface area contributed by atoms with Crippen LogP contribution in [0, 0.1) is 13.8 Å². The molecule has 0 saturated carbocycles. The Balaban J connectivity index is 1.96. The molecule has 0 radical (unpaired) electrons. The number of amides is 2. The summed E-state index contributed by atoms with van der Waals surface area (Å²) >= 11 is 0. The van der Waals surface area contributed by atoms with Crippen molar-refractivity contribution in [2.45, 2.75) is 32.6 Å². The first-order valence-corrected chi connectivity index (χ1v) is 11.6. The van der Waals surface area contributed by atoms with Gasteiger partial charge in [0.25, 0.3) is 11.8 Å². The van der Waals surface area contributed by atoms with Gasteiger partial charge < -0.3 is 15.1 Å². The highest BCUT2D eigenvalue weighted by molar-refractivity contribution is 7.89. The minimum atomic E-state index is -3.58. The van der Waals surface area contributed by atoms with Crippen molar-refractivity contribution in [2.75, 3.05) is 52.4 Å². The highest BCUT2D eigenvalue weighted by Gasteiger charge is 2.32. The van der Waals surface area contributed by atoms with Crippen LogP contribution in [0.4, 0.5) is 0 Å². The first-order chi connectivity index (χ1) is 13.7. The predicted molar refractivity (Wildman–Crippen MR) is 111 cm³/mol. The van der Waals surface area contributed by atoms with Gasteiger partial charge in [-0.3, -0.25) is 9.59 Å². The van der Waals surface area contributed by atoms with E-state index >= 15 is 0 Å². The SMILES string of the molecule is CCNC(=O)C[NH+](CC)CC(=O)N1CCN(S(=O)(=O)c2cc(C)ccc2C)CC1. The minimum absolute atomic E-state index is 0.0464. The van der Waals surface area contributed by atoms with Gasteiger partial charge in [-0.15, -0.1) is 0 Å². The normalized spacial score (nSPS) is 16.5. The number of rotatable bonds is 8. The number of hydrogen-bond donors (Lipinski definition) is 2. The van der Waals surface area contributed by atoms with Crippen molar-refractivity contribution in [1.29, 1.82) is 0 Å². The highest BCUT2D eigenvalue weighted by atomic mass is 32.2. The summed E-state index contributed by atoms with van der Waals surface area (Å²) in [4.78, 5) is 27.3. The molecule has 0 aromatic heterocycles. The highest BCUT2D eigenvalue weighted by Crippen LogP contribution is 2.22. The number of hydrogen-bond acceptors (Lipinski definition) is 4. The number of quaternary nitrogens is 1. The summed E-state index contributed by atoms with van der Waals surface area (Å²) in [6.07, 6.45) is 0. The van der Waals surface area contributed by atoms with E-state index < -0.39 is 10.0 Å². The Morgan fingerprint density at radius 3 is 2.31 bits per heavy atom. The van der Waals surface area contributed by atoms with E-state index in [0.29, 0.717) is 31.1 Å². The van der Waals surface area contributed by atoms with Gasteiger partial charge in [0, 0.05) is 32.7 Å². The lowest BCUT2D eigenvalue weighted by atomic mass is 10.2. The first kappa shape index (κ1) is 23.3. The van der Waals surface area contributed by atoms with E-state index in [2.05, 4.69) is 5.32 Å². The number of carbonyl (C=O) groups is 2.